The molecule has 28 heavy (non-hydrogen) atoms. The van der Waals surface area contributed by atoms with Gasteiger partial charge < -0.3 is 0 Å². The van der Waals surface area contributed by atoms with Gasteiger partial charge in [-0.1, -0.05) is 121 Å². The molecule has 4 aromatic carbocycles. The third-order valence-corrected chi connectivity index (χ3v) is 10.1. The third kappa shape index (κ3) is 3.47. The summed E-state index contributed by atoms with van der Waals surface area (Å²) >= 11 is 0. The standard InChI is InChI=1S/C26H22OSi/c27-26(22-13-5-1-6-14-22)21-28(23-15-7-2-8-16-23,24-17-9-3-10-18-24)25-19-11-4-12-20-25/h1-20H,21H2. The van der Waals surface area contributed by atoms with Crippen LogP contribution in [0.25, 0.3) is 0 Å². The maximum absolute atomic E-state index is 13.4. The molecular weight excluding hydrogens is 356 g/mol. The summed E-state index contributed by atoms with van der Waals surface area (Å²) in [6.07, 6.45) is 0. The maximum Gasteiger partial charge on any atom is 0.161 e. The van der Waals surface area contributed by atoms with Crippen molar-refractivity contribution in [2.24, 2.45) is 0 Å². The van der Waals surface area contributed by atoms with Gasteiger partial charge in [-0.05, 0) is 15.6 Å². The highest BCUT2D eigenvalue weighted by molar-refractivity contribution is 7.13. The fourth-order valence-corrected chi connectivity index (χ4v) is 8.52. The van der Waals surface area contributed by atoms with E-state index in [1.54, 1.807) is 0 Å². The van der Waals surface area contributed by atoms with Gasteiger partial charge in [-0.2, -0.15) is 0 Å². The molecule has 0 aliphatic carbocycles. The smallest absolute Gasteiger partial charge is 0.161 e. The van der Waals surface area contributed by atoms with Crippen molar-refractivity contribution in [2.75, 3.05) is 0 Å². The van der Waals surface area contributed by atoms with E-state index in [0.29, 0.717) is 6.04 Å². The van der Waals surface area contributed by atoms with Gasteiger partial charge in [-0.25, -0.2) is 0 Å². The molecule has 0 aliphatic rings. The summed E-state index contributed by atoms with van der Waals surface area (Å²) < 4.78 is 0. The van der Waals surface area contributed by atoms with Crippen molar-refractivity contribution in [3.8, 4) is 0 Å². The van der Waals surface area contributed by atoms with Crippen molar-refractivity contribution in [1.29, 1.82) is 0 Å². The molecule has 0 aliphatic heterocycles. The highest BCUT2D eigenvalue weighted by atomic mass is 28.3. The average Bonchev–Trinajstić information content (AvgIpc) is 2.80. The molecule has 0 fully saturated rings. The van der Waals surface area contributed by atoms with Crippen molar-refractivity contribution in [3.63, 3.8) is 0 Å². The van der Waals surface area contributed by atoms with Gasteiger partial charge in [0.1, 0.15) is 0 Å². The van der Waals surface area contributed by atoms with Crippen LogP contribution in [0.15, 0.2) is 121 Å². The molecule has 0 saturated carbocycles. The van der Waals surface area contributed by atoms with Gasteiger partial charge in [-0.15, -0.1) is 0 Å². The number of Topliss-reactive ketones (excluding diaryl/α,β-unsaturated/α-hetero) is 1. The maximum atomic E-state index is 13.4. The predicted octanol–water partition coefficient (Wildman–Crippen LogP) is 4.04. The van der Waals surface area contributed by atoms with E-state index in [4.69, 9.17) is 0 Å². The van der Waals surface area contributed by atoms with E-state index in [9.17, 15) is 4.79 Å². The van der Waals surface area contributed by atoms with Gasteiger partial charge in [0.2, 0.25) is 0 Å². The molecule has 2 heteroatoms. The lowest BCUT2D eigenvalue weighted by molar-refractivity contribution is 0.101. The lowest BCUT2D eigenvalue weighted by Crippen LogP contribution is -2.67. The summed E-state index contributed by atoms with van der Waals surface area (Å²) in [5, 5.41) is 3.78. The highest BCUT2D eigenvalue weighted by Gasteiger charge is 2.41. The zero-order valence-electron chi connectivity index (χ0n) is 15.7. The molecular formula is C26H22OSi. The molecule has 0 unspecified atom stereocenters. The van der Waals surface area contributed by atoms with Gasteiger partial charge in [0.15, 0.2) is 13.9 Å². The molecule has 1 nitrogen and oxygen atoms in total. The predicted molar refractivity (Wildman–Crippen MR) is 120 cm³/mol. The van der Waals surface area contributed by atoms with Crippen LogP contribution in [-0.2, 0) is 0 Å². The molecule has 0 atom stereocenters. The Morgan fingerprint density at radius 2 is 0.821 bits per heavy atom. The topological polar surface area (TPSA) is 17.1 Å². The van der Waals surface area contributed by atoms with Gasteiger partial charge in [0.25, 0.3) is 0 Å². The van der Waals surface area contributed by atoms with Crippen molar-refractivity contribution in [2.45, 2.75) is 6.04 Å². The Labute approximate surface area is 167 Å². The zero-order valence-corrected chi connectivity index (χ0v) is 16.7. The SMILES string of the molecule is O=C(C[Si](c1ccccc1)(c1ccccc1)c1ccccc1)c1ccccc1. The normalized spacial score (nSPS) is 11.1. The minimum absolute atomic E-state index is 0.198. The molecule has 0 aromatic heterocycles. The Morgan fingerprint density at radius 3 is 1.18 bits per heavy atom. The van der Waals surface area contributed by atoms with Crippen LogP contribution >= 0.6 is 0 Å². The van der Waals surface area contributed by atoms with E-state index in [-0.39, 0.29) is 5.78 Å². The minimum atomic E-state index is -2.52. The van der Waals surface area contributed by atoms with E-state index in [0.717, 1.165) is 5.56 Å². The number of ketones is 1. The Kier molecular flexibility index (Phi) is 5.31. The number of carbonyl (C=O) groups excluding carboxylic acids is 1. The lowest BCUT2D eigenvalue weighted by Gasteiger charge is -2.33. The summed E-state index contributed by atoms with van der Waals surface area (Å²) in [6, 6.07) is 41.9. The molecule has 4 aromatic rings. The largest absolute Gasteiger partial charge is 0.294 e. The molecule has 0 radical (unpaired) electrons. The van der Waals surface area contributed by atoms with Crippen molar-refractivity contribution in [3.05, 3.63) is 127 Å². The second-order valence-electron chi connectivity index (χ2n) is 6.97. The monoisotopic (exact) mass is 378 g/mol. The van der Waals surface area contributed by atoms with Crippen LogP contribution in [0.4, 0.5) is 0 Å². The molecule has 136 valence electrons. The van der Waals surface area contributed by atoms with E-state index >= 15 is 0 Å². The fourth-order valence-electron chi connectivity index (χ4n) is 3.94. The first-order valence-corrected chi connectivity index (χ1v) is 11.8. The van der Waals surface area contributed by atoms with E-state index in [1.807, 2.05) is 48.5 Å². The van der Waals surface area contributed by atoms with Crippen LogP contribution in [0.1, 0.15) is 10.4 Å². The second kappa shape index (κ2) is 8.20. The number of hydrogen-bond acceptors (Lipinski definition) is 1. The van der Waals surface area contributed by atoms with Crippen LogP contribution in [-0.4, -0.2) is 13.9 Å². The number of carbonyl (C=O) groups is 1. The zero-order chi connectivity index (χ0) is 19.2. The summed E-state index contributed by atoms with van der Waals surface area (Å²) in [6.45, 7) is 0. The molecule has 0 bridgehead atoms. The van der Waals surface area contributed by atoms with Gasteiger partial charge in [0.05, 0.1) is 0 Å². The minimum Gasteiger partial charge on any atom is -0.294 e. The molecule has 4 rings (SSSR count). The van der Waals surface area contributed by atoms with Gasteiger partial charge >= 0.3 is 0 Å². The summed E-state index contributed by atoms with van der Waals surface area (Å²) in [4.78, 5) is 13.4. The number of benzene rings is 4. The molecule has 0 spiro atoms. The van der Waals surface area contributed by atoms with Crippen LogP contribution in [0.5, 0.6) is 0 Å². The van der Waals surface area contributed by atoms with Crippen LogP contribution < -0.4 is 15.6 Å². The van der Waals surface area contributed by atoms with Gasteiger partial charge in [0, 0.05) is 11.6 Å². The average molecular weight is 379 g/mol. The first-order chi connectivity index (χ1) is 13.8. The Bertz CT molecular complexity index is 932. The van der Waals surface area contributed by atoms with Crippen LogP contribution in [0, 0.1) is 0 Å². The van der Waals surface area contributed by atoms with E-state index in [2.05, 4.69) is 72.8 Å². The Morgan fingerprint density at radius 1 is 0.500 bits per heavy atom. The summed E-state index contributed by atoms with van der Waals surface area (Å²) in [5.74, 6) is 0.198. The van der Waals surface area contributed by atoms with Crippen molar-refractivity contribution in [1.82, 2.24) is 0 Å². The Hall–Kier alpha value is -3.23. The molecule has 0 N–H and O–H groups in total. The quantitative estimate of drug-likeness (QED) is 0.281. The molecule has 0 amide bonds. The van der Waals surface area contributed by atoms with Gasteiger partial charge in [-0.3, -0.25) is 4.79 Å². The van der Waals surface area contributed by atoms with E-state index in [1.165, 1.54) is 15.6 Å². The van der Waals surface area contributed by atoms with Crippen molar-refractivity contribution < 1.29 is 4.79 Å². The molecule has 0 heterocycles. The fraction of sp³-hybridized carbons (Fsp3) is 0.0385. The molecule has 0 saturated heterocycles. The summed E-state index contributed by atoms with van der Waals surface area (Å²) in [5.41, 5.74) is 0.780. The Balaban J connectivity index is 1.95. The first kappa shape index (κ1) is 18.1. The van der Waals surface area contributed by atoms with Crippen LogP contribution in [0.3, 0.4) is 0 Å². The van der Waals surface area contributed by atoms with Crippen molar-refractivity contribution >= 4 is 29.4 Å². The van der Waals surface area contributed by atoms with Crippen LogP contribution in [0.2, 0.25) is 6.04 Å². The third-order valence-electron chi connectivity index (χ3n) is 5.32. The highest BCUT2D eigenvalue weighted by Crippen LogP contribution is 2.17. The number of hydrogen-bond donors (Lipinski definition) is 0. The first-order valence-electron chi connectivity index (χ1n) is 9.55. The second-order valence-corrected chi connectivity index (χ2v) is 10.9. The van der Waals surface area contributed by atoms with E-state index < -0.39 is 8.07 Å². The summed E-state index contributed by atoms with van der Waals surface area (Å²) in [7, 11) is -2.52. The number of rotatable bonds is 6. The lowest BCUT2D eigenvalue weighted by atomic mass is 10.2.